The summed E-state index contributed by atoms with van der Waals surface area (Å²) in [4.78, 5) is 10.4. The molecule has 0 aliphatic rings. The van der Waals surface area contributed by atoms with Crippen LogP contribution in [0.25, 0.3) is 0 Å². The van der Waals surface area contributed by atoms with E-state index in [0.717, 1.165) is 12.8 Å². The highest BCUT2D eigenvalue weighted by molar-refractivity contribution is 5.66. The molecule has 31 heavy (non-hydrogen) atoms. The van der Waals surface area contributed by atoms with Gasteiger partial charge in [0.1, 0.15) is 0 Å². The third-order valence-corrected chi connectivity index (χ3v) is 6.40. The predicted molar refractivity (Wildman–Crippen MR) is 138 cm³/mol. The lowest BCUT2D eigenvalue weighted by Crippen LogP contribution is -1.93. The topological polar surface area (TPSA) is 37.3 Å². The first kappa shape index (κ1) is 30.2. The molecule has 0 aliphatic carbocycles. The average Bonchev–Trinajstić information content (AvgIpc) is 2.76. The van der Waals surface area contributed by atoms with Gasteiger partial charge < -0.3 is 5.11 Å². The molecular weight excluding hydrogens is 380 g/mol. The van der Waals surface area contributed by atoms with Gasteiger partial charge in [-0.15, -0.1) is 0 Å². The summed E-state index contributed by atoms with van der Waals surface area (Å²) in [7, 11) is 0. The number of carbonyl (C=O) groups is 1. The quantitative estimate of drug-likeness (QED) is 0.108. The molecular formula is C29H56O2. The fourth-order valence-corrected chi connectivity index (χ4v) is 4.29. The Kier molecular flexibility index (Phi) is 26.5. The van der Waals surface area contributed by atoms with Crippen LogP contribution in [0, 0.1) is 0 Å². The second-order valence-corrected chi connectivity index (χ2v) is 9.62. The van der Waals surface area contributed by atoms with Crippen molar-refractivity contribution in [1.82, 2.24) is 0 Å². The number of rotatable bonds is 26. The van der Waals surface area contributed by atoms with E-state index in [-0.39, 0.29) is 0 Å². The van der Waals surface area contributed by atoms with Crippen LogP contribution in [0.2, 0.25) is 0 Å². The summed E-state index contributed by atoms with van der Waals surface area (Å²) < 4.78 is 0. The van der Waals surface area contributed by atoms with Crippen LogP contribution in [0.5, 0.6) is 0 Å². The first-order valence-corrected chi connectivity index (χ1v) is 14.1. The first-order chi connectivity index (χ1) is 15.3. The number of aliphatic carboxylic acids is 1. The highest BCUT2D eigenvalue weighted by atomic mass is 16.4. The fraction of sp³-hybridized carbons (Fsp3) is 0.897. The van der Waals surface area contributed by atoms with Gasteiger partial charge in [0.05, 0.1) is 0 Å². The molecule has 2 heteroatoms. The average molecular weight is 437 g/mol. The Morgan fingerprint density at radius 3 is 1.10 bits per heavy atom. The van der Waals surface area contributed by atoms with Gasteiger partial charge in [-0.3, -0.25) is 4.79 Å². The molecule has 0 bridgehead atoms. The lowest BCUT2D eigenvalue weighted by Gasteiger charge is -2.03. The van der Waals surface area contributed by atoms with E-state index in [4.69, 9.17) is 5.11 Å². The van der Waals surface area contributed by atoms with Crippen LogP contribution in [0.15, 0.2) is 12.2 Å². The van der Waals surface area contributed by atoms with E-state index in [2.05, 4.69) is 19.1 Å². The van der Waals surface area contributed by atoms with Crippen molar-refractivity contribution < 1.29 is 9.90 Å². The molecule has 0 aromatic heterocycles. The van der Waals surface area contributed by atoms with E-state index in [0.29, 0.717) is 6.42 Å². The van der Waals surface area contributed by atoms with E-state index in [9.17, 15) is 4.79 Å². The lowest BCUT2D eigenvalue weighted by atomic mass is 10.0. The second kappa shape index (κ2) is 27.2. The Hall–Kier alpha value is -0.790. The van der Waals surface area contributed by atoms with Crippen LogP contribution in [-0.2, 0) is 4.79 Å². The molecule has 1 N–H and O–H groups in total. The molecule has 0 saturated heterocycles. The van der Waals surface area contributed by atoms with Crippen molar-refractivity contribution in [3.05, 3.63) is 12.2 Å². The van der Waals surface area contributed by atoms with E-state index in [1.807, 2.05) is 0 Å². The third kappa shape index (κ3) is 29.2. The number of carboxylic acids is 1. The van der Waals surface area contributed by atoms with Crippen LogP contribution < -0.4 is 0 Å². The third-order valence-electron chi connectivity index (χ3n) is 6.40. The SMILES string of the molecule is CCCCCCCCCCCCCCCCCCC=CCCCCCCCCC(=O)O. The van der Waals surface area contributed by atoms with Crippen LogP contribution in [0.4, 0.5) is 0 Å². The lowest BCUT2D eigenvalue weighted by molar-refractivity contribution is -0.137. The van der Waals surface area contributed by atoms with Crippen molar-refractivity contribution in [3.8, 4) is 0 Å². The van der Waals surface area contributed by atoms with Crippen LogP contribution in [-0.4, -0.2) is 11.1 Å². The number of carboxylic acid groups (broad SMARTS) is 1. The Morgan fingerprint density at radius 2 is 0.774 bits per heavy atom. The van der Waals surface area contributed by atoms with Crippen LogP contribution in [0.3, 0.4) is 0 Å². The van der Waals surface area contributed by atoms with Crippen molar-refractivity contribution in [2.24, 2.45) is 0 Å². The van der Waals surface area contributed by atoms with Gasteiger partial charge in [-0.25, -0.2) is 0 Å². The molecule has 0 amide bonds. The number of hydrogen-bond acceptors (Lipinski definition) is 1. The minimum atomic E-state index is -0.658. The molecule has 0 atom stereocenters. The number of allylic oxidation sites excluding steroid dienone is 2. The second-order valence-electron chi connectivity index (χ2n) is 9.62. The molecule has 0 aliphatic heterocycles. The zero-order valence-corrected chi connectivity index (χ0v) is 21.2. The molecule has 0 saturated carbocycles. The fourth-order valence-electron chi connectivity index (χ4n) is 4.29. The highest BCUT2D eigenvalue weighted by Crippen LogP contribution is 2.14. The van der Waals surface area contributed by atoms with Gasteiger partial charge in [0, 0.05) is 6.42 Å². The van der Waals surface area contributed by atoms with Gasteiger partial charge in [0.15, 0.2) is 0 Å². The van der Waals surface area contributed by atoms with Crippen molar-refractivity contribution >= 4 is 5.97 Å². The maximum Gasteiger partial charge on any atom is 0.303 e. The highest BCUT2D eigenvalue weighted by Gasteiger charge is 1.96. The van der Waals surface area contributed by atoms with Gasteiger partial charge in [-0.05, 0) is 32.1 Å². The summed E-state index contributed by atoms with van der Waals surface area (Å²) in [6, 6.07) is 0. The molecule has 0 spiro atoms. The molecule has 0 aromatic rings. The summed E-state index contributed by atoms with van der Waals surface area (Å²) in [5.41, 5.74) is 0. The van der Waals surface area contributed by atoms with Gasteiger partial charge in [0.25, 0.3) is 0 Å². The normalized spacial score (nSPS) is 11.5. The molecule has 0 aromatic carbocycles. The van der Waals surface area contributed by atoms with Crippen molar-refractivity contribution in [3.63, 3.8) is 0 Å². The summed E-state index contributed by atoms with van der Waals surface area (Å²) in [6.07, 6.45) is 37.5. The first-order valence-electron chi connectivity index (χ1n) is 14.1. The molecule has 2 nitrogen and oxygen atoms in total. The Morgan fingerprint density at radius 1 is 0.484 bits per heavy atom. The van der Waals surface area contributed by atoms with E-state index in [1.165, 1.54) is 141 Å². The van der Waals surface area contributed by atoms with Gasteiger partial charge in [0.2, 0.25) is 0 Å². The van der Waals surface area contributed by atoms with Crippen molar-refractivity contribution in [1.29, 1.82) is 0 Å². The van der Waals surface area contributed by atoms with E-state index in [1.54, 1.807) is 0 Å². The number of unbranched alkanes of at least 4 members (excludes halogenated alkanes) is 22. The minimum absolute atomic E-state index is 0.335. The standard InChI is InChI=1S/C29H56O2/c1-2-3-4-5-6-7-8-9-10-11-12-13-14-15-16-17-18-19-20-21-22-23-24-25-26-27-28-29(30)31/h19-20H,2-18,21-28H2,1H3,(H,30,31). The summed E-state index contributed by atoms with van der Waals surface area (Å²) in [5.74, 6) is -0.658. The maximum absolute atomic E-state index is 10.4. The smallest absolute Gasteiger partial charge is 0.303 e. The van der Waals surface area contributed by atoms with Crippen molar-refractivity contribution in [2.75, 3.05) is 0 Å². The molecule has 184 valence electrons. The zero-order valence-electron chi connectivity index (χ0n) is 21.2. The number of hydrogen-bond donors (Lipinski definition) is 1. The van der Waals surface area contributed by atoms with Gasteiger partial charge >= 0.3 is 5.97 Å². The monoisotopic (exact) mass is 436 g/mol. The Labute approximate surface area is 195 Å². The molecule has 0 fully saturated rings. The van der Waals surface area contributed by atoms with Gasteiger partial charge in [-0.2, -0.15) is 0 Å². The summed E-state index contributed by atoms with van der Waals surface area (Å²) >= 11 is 0. The van der Waals surface area contributed by atoms with Gasteiger partial charge in [-0.1, -0.05) is 141 Å². The summed E-state index contributed by atoms with van der Waals surface area (Å²) in [6.45, 7) is 2.29. The maximum atomic E-state index is 10.4. The van der Waals surface area contributed by atoms with Crippen LogP contribution >= 0.6 is 0 Å². The van der Waals surface area contributed by atoms with Crippen LogP contribution in [0.1, 0.15) is 167 Å². The Bertz CT molecular complexity index is 375. The molecule has 0 radical (unpaired) electrons. The zero-order chi connectivity index (χ0) is 22.7. The molecule has 0 heterocycles. The van der Waals surface area contributed by atoms with E-state index < -0.39 is 5.97 Å². The van der Waals surface area contributed by atoms with E-state index >= 15 is 0 Å². The molecule has 0 unspecified atom stereocenters. The predicted octanol–water partition coefficient (Wildman–Crippen LogP) is 10.4. The molecule has 0 rings (SSSR count). The summed E-state index contributed by atoms with van der Waals surface area (Å²) in [5, 5.41) is 8.59. The van der Waals surface area contributed by atoms with Crippen molar-refractivity contribution in [2.45, 2.75) is 167 Å². The Balaban J connectivity index is 3.07. The largest absolute Gasteiger partial charge is 0.481 e. The minimum Gasteiger partial charge on any atom is -0.481 e.